The molecule has 0 spiro atoms. The van der Waals surface area contributed by atoms with Crippen LogP contribution in [0.3, 0.4) is 0 Å². The van der Waals surface area contributed by atoms with Crippen molar-refractivity contribution in [3.05, 3.63) is 46.1 Å². The van der Waals surface area contributed by atoms with E-state index >= 15 is 0 Å². The molecule has 4 heteroatoms. The fourth-order valence-electron chi connectivity index (χ4n) is 1.55. The van der Waals surface area contributed by atoms with Crippen molar-refractivity contribution in [1.29, 1.82) is 0 Å². The minimum absolute atomic E-state index is 0.698. The Balaban J connectivity index is 2.31. The Kier molecular flexibility index (Phi) is 3.74. The molecule has 2 N–H and O–H groups in total. The normalized spacial score (nSPS) is 10.5. The van der Waals surface area contributed by atoms with Crippen LogP contribution >= 0.6 is 27.7 Å². The van der Waals surface area contributed by atoms with Crippen LogP contribution in [0.2, 0.25) is 0 Å². The van der Waals surface area contributed by atoms with Gasteiger partial charge in [0.25, 0.3) is 0 Å². The third kappa shape index (κ3) is 3.01. The van der Waals surface area contributed by atoms with Crippen LogP contribution in [0.15, 0.2) is 44.9 Å². The smallest absolute Gasteiger partial charge is 0.124 e. The molecule has 1 aromatic carbocycles. The zero-order valence-electron chi connectivity index (χ0n) is 9.70. The van der Waals surface area contributed by atoms with E-state index in [2.05, 4.69) is 53.0 Å². The molecule has 2 nitrogen and oxygen atoms in total. The van der Waals surface area contributed by atoms with Crippen molar-refractivity contribution >= 4 is 33.4 Å². The molecule has 0 bridgehead atoms. The molecule has 0 amide bonds. The van der Waals surface area contributed by atoms with Gasteiger partial charge in [-0.15, -0.1) is 0 Å². The molecule has 88 valence electrons. The van der Waals surface area contributed by atoms with Crippen molar-refractivity contribution < 1.29 is 0 Å². The fraction of sp³-hybridized carbons (Fsp3) is 0.154. The summed E-state index contributed by atoms with van der Waals surface area (Å²) in [5, 5.41) is 0.847. The van der Waals surface area contributed by atoms with Crippen LogP contribution in [0.1, 0.15) is 11.1 Å². The van der Waals surface area contributed by atoms with Crippen LogP contribution in [-0.2, 0) is 0 Å². The highest BCUT2D eigenvalue weighted by molar-refractivity contribution is 9.10. The lowest BCUT2D eigenvalue weighted by Gasteiger charge is -2.08. The van der Waals surface area contributed by atoms with Crippen LogP contribution in [0, 0.1) is 13.8 Å². The van der Waals surface area contributed by atoms with Crippen molar-refractivity contribution in [2.75, 3.05) is 5.73 Å². The van der Waals surface area contributed by atoms with Crippen LogP contribution in [0.25, 0.3) is 0 Å². The summed E-state index contributed by atoms with van der Waals surface area (Å²) in [7, 11) is 0. The first kappa shape index (κ1) is 12.5. The molecule has 0 radical (unpaired) electrons. The second-order valence-corrected chi connectivity index (χ2v) is 5.87. The molecule has 0 saturated heterocycles. The second-order valence-electron chi connectivity index (χ2n) is 3.92. The van der Waals surface area contributed by atoms with Crippen LogP contribution in [0.5, 0.6) is 0 Å². The molecule has 2 aromatic rings. The number of aryl methyl sites for hydroxylation is 2. The number of rotatable bonds is 2. The lowest BCUT2D eigenvalue weighted by atomic mass is 10.2. The van der Waals surface area contributed by atoms with E-state index in [1.54, 1.807) is 18.0 Å². The van der Waals surface area contributed by atoms with Gasteiger partial charge in [-0.25, -0.2) is 4.98 Å². The summed E-state index contributed by atoms with van der Waals surface area (Å²) in [6, 6.07) is 8.25. The molecule has 0 atom stereocenters. The number of halogens is 1. The monoisotopic (exact) mass is 308 g/mol. The van der Waals surface area contributed by atoms with Gasteiger partial charge < -0.3 is 5.73 Å². The molecule has 0 aliphatic carbocycles. The average molecular weight is 309 g/mol. The van der Waals surface area contributed by atoms with Gasteiger partial charge in [-0.05, 0) is 47.5 Å². The van der Waals surface area contributed by atoms with Gasteiger partial charge >= 0.3 is 0 Å². The zero-order valence-corrected chi connectivity index (χ0v) is 12.1. The van der Waals surface area contributed by atoms with Gasteiger partial charge in [-0.3, -0.25) is 0 Å². The topological polar surface area (TPSA) is 38.9 Å². The van der Waals surface area contributed by atoms with E-state index in [4.69, 9.17) is 5.73 Å². The van der Waals surface area contributed by atoms with Gasteiger partial charge in [0.1, 0.15) is 5.03 Å². The van der Waals surface area contributed by atoms with Crippen LogP contribution < -0.4 is 5.73 Å². The number of nitrogen functional groups attached to an aromatic ring is 1. The molecule has 0 aliphatic heterocycles. The Hall–Kier alpha value is -1.00. The van der Waals surface area contributed by atoms with E-state index in [0.29, 0.717) is 5.69 Å². The third-order valence-electron chi connectivity index (χ3n) is 2.38. The van der Waals surface area contributed by atoms with Gasteiger partial charge in [0.2, 0.25) is 0 Å². The number of nitrogens with two attached hydrogens (primary N) is 1. The van der Waals surface area contributed by atoms with Gasteiger partial charge in [0.05, 0.1) is 5.69 Å². The Morgan fingerprint density at radius 3 is 2.65 bits per heavy atom. The van der Waals surface area contributed by atoms with E-state index in [1.165, 1.54) is 16.0 Å². The maximum atomic E-state index is 5.94. The summed E-state index contributed by atoms with van der Waals surface area (Å²) in [4.78, 5) is 5.52. The third-order valence-corrected chi connectivity index (χ3v) is 4.03. The molecule has 1 aromatic heterocycles. The number of aromatic nitrogens is 1. The first-order chi connectivity index (χ1) is 8.06. The van der Waals surface area contributed by atoms with E-state index in [0.717, 1.165) is 9.50 Å². The van der Waals surface area contributed by atoms with Crippen molar-refractivity contribution in [2.45, 2.75) is 23.8 Å². The molecule has 0 aliphatic rings. The summed E-state index contributed by atoms with van der Waals surface area (Å²) in [6.07, 6.45) is 1.77. The number of hydrogen-bond acceptors (Lipinski definition) is 3. The van der Waals surface area contributed by atoms with Gasteiger partial charge in [-0.2, -0.15) is 0 Å². The lowest BCUT2D eigenvalue weighted by molar-refractivity contribution is 1.12. The predicted octanol–water partition coefficient (Wildman–Crippen LogP) is 4.19. The maximum absolute atomic E-state index is 5.94. The largest absolute Gasteiger partial charge is 0.397 e. The minimum atomic E-state index is 0.698. The molecule has 1 heterocycles. The quantitative estimate of drug-likeness (QED) is 0.904. The molecule has 2 rings (SSSR count). The Morgan fingerprint density at radius 2 is 2.00 bits per heavy atom. The molecule has 17 heavy (non-hydrogen) atoms. The second kappa shape index (κ2) is 5.10. The van der Waals surface area contributed by atoms with Crippen LogP contribution in [0.4, 0.5) is 5.69 Å². The molecular weight excluding hydrogens is 296 g/mol. The van der Waals surface area contributed by atoms with Crippen LogP contribution in [-0.4, -0.2) is 4.98 Å². The predicted molar refractivity (Wildman–Crippen MR) is 76.4 cm³/mol. The first-order valence-electron chi connectivity index (χ1n) is 5.22. The summed E-state index contributed by atoms with van der Waals surface area (Å²) >= 11 is 4.96. The summed E-state index contributed by atoms with van der Waals surface area (Å²) in [6.45, 7) is 4.19. The summed E-state index contributed by atoms with van der Waals surface area (Å²) < 4.78 is 0.903. The maximum Gasteiger partial charge on any atom is 0.124 e. The molecular formula is C13H13BrN2S. The molecule has 0 unspecified atom stereocenters. The van der Waals surface area contributed by atoms with Gasteiger partial charge in [0.15, 0.2) is 0 Å². The van der Waals surface area contributed by atoms with E-state index < -0.39 is 0 Å². The molecule has 0 fully saturated rings. The number of benzene rings is 1. The number of pyridine rings is 1. The highest BCUT2D eigenvalue weighted by Gasteiger charge is 2.06. The standard InChI is InChI=1S/C13H13BrN2S/c1-8-3-4-12(9(2)5-8)17-13-11(15)6-10(14)7-16-13/h3-7H,15H2,1-2H3. The van der Waals surface area contributed by atoms with Crippen molar-refractivity contribution in [1.82, 2.24) is 4.98 Å². The number of nitrogens with zero attached hydrogens (tertiary/aromatic N) is 1. The summed E-state index contributed by atoms with van der Waals surface area (Å²) in [5.41, 5.74) is 9.15. The Labute approximate surface area is 114 Å². The highest BCUT2D eigenvalue weighted by Crippen LogP contribution is 2.33. The highest BCUT2D eigenvalue weighted by atomic mass is 79.9. The van der Waals surface area contributed by atoms with E-state index in [9.17, 15) is 0 Å². The van der Waals surface area contributed by atoms with Gasteiger partial charge in [-0.1, -0.05) is 29.5 Å². The van der Waals surface area contributed by atoms with Crippen molar-refractivity contribution in [3.8, 4) is 0 Å². The SMILES string of the molecule is Cc1ccc(Sc2ncc(Br)cc2N)c(C)c1. The van der Waals surface area contributed by atoms with Crippen molar-refractivity contribution in [2.24, 2.45) is 0 Å². The molecule has 0 saturated carbocycles. The minimum Gasteiger partial charge on any atom is -0.397 e. The first-order valence-corrected chi connectivity index (χ1v) is 6.83. The fourth-order valence-corrected chi connectivity index (χ4v) is 2.74. The van der Waals surface area contributed by atoms with Crippen molar-refractivity contribution in [3.63, 3.8) is 0 Å². The zero-order chi connectivity index (χ0) is 12.4. The van der Waals surface area contributed by atoms with E-state index in [-0.39, 0.29) is 0 Å². The lowest BCUT2D eigenvalue weighted by Crippen LogP contribution is -1.92. The Bertz CT molecular complexity index is 506. The number of hydrogen-bond donors (Lipinski definition) is 1. The van der Waals surface area contributed by atoms with E-state index in [1.807, 2.05) is 6.07 Å². The summed E-state index contributed by atoms with van der Waals surface area (Å²) in [5.74, 6) is 0. The Morgan fingerprint density at radius 1 is 1.24 bits per heavy atom. The van der Waals surface area contributed by atoms with Gasteiger partial charge in [0, 0.05) is 15.6 Å². The average Bonchev–Trinajstić information content (AvgIpc) is 2.25. The number of anilines is 1.